The van der Waals surface area contributed by atoms with Crippen LogP contribution in [0.3, 0.4) is 0 Å². The molecule has 2 amide bonds. The van der Waals surface area contributed by atoms with Crippen LogP contribution in [-0.4, -0.2) is 43.3 Å². The Morgan fingerprint density at radius 1 is 1.00 bits per heavy atom. The van der Waals surface area contributed by atoms with Gasteiger partial charge in [-0.3, -0.25) is 13.9 Å². The van der Waals surface area contributed by atoms with Crippen LogP contribution in [0.4, 0.5) is 10.1 Å². The second kappa shape index (κ2) is 12.2. The van der Waals surface area contributed by atoms with E-state index in [-0.39, 0.29) is 27.7 Å². The van der Waals surface area contributed by atoms with E-state index in [2.05, 4.69) is 5.32 Å². The van der Waals surface area contributed by atoms with Gasteiger partial charge in [0, 0.05) is 22.7 Å². The van der Waals surface area contributed by atoms with Crippen LogP contribution in [0.15, 0.2) is 77.7 Å². The maximum Gasteiger partial charge on any atom is 0.264 e. The van der Waals surface area contributed by atoms with E-state index < -0.39 is 45.8 Å². The molecule has 1 atom stereocenters. The van der Waals surface area contributed by atoms with E-state index in [1.165, 1.54) is 54.3 Å². The number of sulfonamides is 1. The van der Waals surface area contributed by atoms with E-state index >= 15 is 0 Å². The molecular formula is C29H33ClFN3O4S. The van der Waals surface area contributed by atoms with Gasteiger partial charge in [0.05, 0.1) is 10.6 Å². The summed E-state index contributed by atoms with van der Waals surface area (Å²) in [6.07, 6.45) is 0. The van der Waals surface area contributed by atoms with Crippen molar-refractivity contribution in [1.29, 1.82) is 0 Å². The molecule has 0 aromatic heterocycles. The molecule has 0 spiro atoms. The van der Waals surface area contributed by atoms with Crippen LogP contribution < -0.4 is 9.62 Å². The van der Waals surface area contributed by atoms with Crippen molar-refractivity contribution in [3.8, 4) is 0 Å². The molecule has 7 nitrogen and oxygen atoms in total. The summed E-state index contributed by atoms with van der Waals surface area (Å²) in [7, 11) is -4.22. The number of hydrogen-bond acceptors (Lipinski definition) is 4. The molecule has 1 N–H and O–H groups in total. The fourth-order valence-electron chi connectivity index (χ4n) is 3.86. The number of aryl methyl sites for hydroxylation is 1. The molecule has 0 heterocycles. The Balaban J connectivity index is 2.05. The molecule has 39 heavy (non-hydrogen) atoms. The Hall–Kier alpha value is -3.43. The van der Waals surface area contributed by atoms with Crippen molar-refractivity contribution >= 4 is 39.1 Å². The average Bonchev–Trinajstić information content (AvgIpc) is 2.85. The number of halogens is 2. The summed E-state index contributed by atoms with van der Waals surface area (Å²) in [6, 6.07) is 17.3. The molecule has 0 unspecified atom stereocenters. The molecule has 3 rings (SSSR count). The summed E-state index contributed by atoms with van der Waals surface area (Å²) in [5.41, 5.74) is 0.653. The highest BCUT2D eigenvalue weighted by atomic mass is 35.5. The van der Waals surface area contributed by atoms with Crippen molar-refractivity contribution in [2.45, 2.75) is 57.6 Å². The van der Waals surface area contributed by atoms with Gasteiger partial charge in [0.15, 0.2) is 0 Å². The highest BCUT2D eigenvalue weighted by Crippen LogP contribution is 2.27. The van der Waals surface area contributed by atoms with Crippen LogP contribution in [0.2, 0.25) is 5.02 Å². The minimum Gasteiger partial charge on any atom is -0.350 e. The van der Waals surface area contributed by atoms with Crippen LogP contribution in [0.5, 0.6) is 0 Å². The van der Waals surface area contributed by atoms with Gasteiger partial charge in [-0.15, -0.1) is 0 Å². The van der Waals surface area contributed by atoms with E-state index in [4.69, 9.17) is 11.6 Å². The number of nitrogens with zero attached hydrogens (tertiary/aromatic N) is 2. The fraction of sp³-hybridized carbons (Fsp3) is 0.310. The van der Waals surface area contributed by atoms with E-state index in [1.54, 1.807) is 51.1 Å². The van der Waals surface area contributed by atoms with E-state index in [0.29, 0.717) is 0 Å². The summed E-state index contributed by atoms with van der Waals surface area (Å²) in [4.78, 5) is 28.1. The van der Waals surface area contributed by atoms with Gasteiger partial charge in [-0.1, -0.05) is 53.6 Å². The Morgan fingerprint density at radius 3 is 2.23 bits per heavy atom. The van der Waals surface area contributed by atoms with E-state index in [9.17, 15) is 22.4 Å². The van der Waals surface area contributed by atoms with Gasteiger partial charge in [0.25, 0.3) is 10.0 Å². The molecule has 3 aromatic carbocycles. The largest absolute Gasteiger partial charge is 0.350 e. The molecular weight excluding hydrogens is 541 g/mol. The van der Waals surface area contributed by atoms with Gasteiger partial charge in [-0.25, -0.2) is 12.8 Å². The molecule has 3 aromatic rings. The standard InChI is InChI=1S/C29H33ClFN3O4S/c1-20-13-15-25(16-14-20)39(37,38)34(24-11-8-10-23(30)17-24)19-27(35)33(18-22-9-6-7-12-26(22)31)21(2)28(36)32-29(3,4)5/h6-17,21H,18-19H2,1-5H3,(H,32,36)/t21-/m0/s1. The Labute approximate surface area is 234 Å². The van der Waals surface area contributed by atoms with Gasteiger partial charge in [0.2, 0.25) is 11.8 Å². The van der Waals surface area contributed by atoms with Crippen LogP contribution in [0.1, 0.15) is 38.8 Å². The SMILES string of the molecule is Cc1ccc(S(=O)(=O)N(CC(=O)N(Cc2ccccc2F)[C@@H](C)C(=O)NC(C)(C)C)c2cccc(Cl)c2)cc1. The zero-order chi connectivity index (χ0) is 29.0. The van der Waals surface area contributed by atoms with Crippen molar-refractivity contribution in [2.24, 2.45) is 0 Å². The number of carbonyl (C=O) groups is 2. The van der Waals surface area contributed by atoms with Gasteiger partial charge in [-0.2, -0.15) is 0 Å². The number of nitrogens with one attached hydrogen (secondary N) is 1. The lowest BCUT2D eigenvalue weighted by atomic mass is 10.1. The van der Waals surface area contributed by atoms with Crippen LogP contribution >= 0.6 is 11.6 Å². The second-order valence-corrected chi connectivity index (χ2v) is 12.6. The first kappa shape index (κ1) is 30.1. The number of hydrogen-bond donors (Lipinski definition) is 1. The normalized spacial score (nSPS) is 12.5. The third-order valence-corrected chi connectivity index (χ3v) is 7.97. The minimum absolute atomic E-state index is 0.0138. The highest BCUT2D eigenvalue weighted by molar-refractivity contribution is 7.92. The van der Waals surface area contributed by atoms with Crippen molar-refractivity contribution in [3.05, 3.63) is 94.8 Å². The first-order chi connectivity index (χ1) is 18.2. The maximum atomic E-state index is 14.6. The lowest BCUT2D eigenvalue weighted by molar-refractivity contribution is -0.140. The summed E-state index contributed by atoms with van der Waals surface area (Å²) in [5.74, 6) is -1.69. The molecule has 0 radical (unpaired) electrons. The van der Waals surface area contributed by atoms with Crippen molar-refractivity contribution in [3.63, 3.8) is 0 Å². The molecule has 0 fully saturated rings. The maximum absolute atomic E-state index is 14.6. The predicted octanol–water partition coefficient (Wildman–Crippen LogP) is 5.31. The molecule has 0 saturated heterocycles. The topological polar surface area (TPSA) is 86.8 Å². The van der Waals surface area contributed by atoms with Gasteiger partial charge in [-0.05, 0) is 71.0 Å². The van der Waals surface area contributed by atoms with Crippen molar-refractivity contribution in [1.82, 2.24) is 10.2 Å². The Kier molecular flexibility index (Phi) is 9.40. The molecule has 208 valence electrons. The first-order valence-electron chi connectivity index (χ1n) is 12.4. The summed E-state index contributed by atoms with van der Waals surface area (Å²) in [6.45, 7) is 7.88. The monoisotopic (exact) mass is 573 g/mol. The quantitative estimate of drug-likeness (QED) is 0.376. The zero-order valence-corrected chi connectivity index (χ0v) is 24.2. The fourth-order valence-corrected chi connectivity index (χ4v) is 5.45. The van der Waals surface area contributed by atoms with Gasteiger partial charge in [0.1, 0.15) is 18.4 Å². The number of anilines is 1. The molecule has 0 aliphatic carbocycles. The Morgan fingerprint density at radius 2 is 1.64 bits per heavy atom. The van der Waals surface area contributed by atoms with Crippen LogP contribution in [0, 0.1) is 12.7 Å². The molecule has 0 aliphatic rings. The number of rotatable bonds is 9. The molecule has 10 heteroatoms. The van der Waals surface area contributed by atoms with Gasteiger partial charge < -0.3 is 10.2 Å². The number of benzene rings is 3. The first-order valence-corrected chi connectivity index (χ1v) is 14.2. The summed E-state index contributed by atoms with van der Waals surface area (Å²) >= 11 is 6.17. The number of carbonyl (C=O) groups excluding carboxylic acids is 2. The third kappa shape index (κ3) is 7.80. The Bertz CT molecular complexity index is 1440. The minimum atomic E-state index is -4.22. The predicted molar refractivity (Wildman–Crippen MR) is 151 cm³/mol. The average molecular weight is 574 g/mol. The highest BCUT2D eigenvalue weighted by Gasteiger charge is 2.33. The summed E-state index contributed by atoms with van der Waals surface area (Å²) in [5, 5.41) is 3.12. The van der Waals surface area contributed by atoms with Crippen LogP contribution in [-0.2, 0) is 26.2 Å². The summed E-state index contributed by atoms with van der Waals surface area (Å²) < 4.78 is 43.1. The molecule has 0 bridgehead atoms. The van der Waals surface area contributed by atoms with Crippen molar-refractivity contribution < 1.29 is 22.4 Å². The van der Waals surface area contributed by atoms with E-state index in [0.717, 1.165) is 9.87 Å². The zero-order valence-electron chi connectivity index (χ0n) is 22.6. The van der Waals surface area contributed by atoms with Crippen molar-refractivity contribution in [2.75, 3.05) is 10.8 Å². The van der Waals surface area contributed by atoms with Gasteiger partial charge >= 0.3 is 0 Å². The lowest BCUT2D eigenvalue weighted by Crippen LogP contribution is -2.54. The molecule has 0 aliphatic heterocycles. The van der Waals surface area contributed by atoms with E-state index in [1.807, 2.05) is 6.92 Å². The molecule has 0 saturated carbocycles. The van der Waals surface area contributed by atoms with Crippen LogP contribution in [0.25, 0.3) is 0 Å². The second-order valence-electron chi connectivity index (χ2n) is 10.3. The number of amides is 2. The lowest BCUT2D eigenvalue weighted by Gasteiger charge is -2.33. The third-order valence-electron chi connectivity index (χ3n) is 5.95. The smallest absolute Gasteiger partial charge is 0.264 e.